The standard InChI is InChI=1S/C28H21F5N4O2/c29-18-3-1-16(2-4-18)25-22(35-26(39)27(11-12-27)28(31,32)33)14-24(38)36(25)21-9-10-23-17(13-21)15-34-37(23)20-7-5-19(30)6-8-20/h1-10,13,15,22,25H,11-12,14H2,(H,35,39)/t22-,25+/m0/s1. The second-order valence-electron chi connectivity index (χ2n) is 9.90. The van der Waals surface area contributed by atoms with Crippen molar-refractivity contribution in [1.82, 2.24) is 15.1 Å². The number of nitrogens with one attached hydrogen (secondary N) is 1. The molecule has 4 aromatic rings. The fourth-order valence-electron chi connectivity index (χ4n) is 5.24. The van der Waals surface area contributed by atoms with Gasteiger partial charge in [0.2, 0.25) is 11.8 Å². The van der Waals surface area contributed by atoms with Gasteiger partial charge >= 0.3 is 6.18 Å². The highest BCUT2D eigenvalue weighted by Crippen LogP contribution is 2.58. The molecule has 0 unspecified atom stereocenters. The number of halogens is 5. The van der Waals surface area contributed by atoms with Crippen LogP contribution >= 0.6 is 0 Å². The smallest absolute Gasteiger partial charge is 0.350 e. The zero-order valence-corrected chi connectivity index (χ0v) is 20.3. The van der Waals surface area contributed by atoms with Gasteiger partial charge in [0.05, 0.1) is 29.5 Å². The number of anilines is 1. The van der Waals surface area contributed by atoms with E-state index >= 15 is 0 Å². The molecule has 0 radical (unpaired) electrons. The largest absolute Gasteiger partial charge is 0.403 e. The highest BCUT2D eigenvalue weighted by Gasteiger charge is 2.68. The molecule has 1 saturated carbocycles. The number of hydrogen-bond donors (Lipinski definition) is 1. The van der Waals surface area contributed by atoms with Crippen LogP contribution in [-0.2, 0) is 9.59 Å². The van der Waals surface area contributed by atoms with E-state index in [1.807, 2.05) is 0 Å². The van der Waals surface area contributed by atoms with Gasteiger partial charge in [-0.1, -0.05) is 12.1 Å². The summed E-state index contributed by atoms with van der Waals surface area (Å²) in [6.45, 7) is 0. The summed E-state index contributed by atoms with van der Waals surface area (Å²) in [6.07, 6.45) is -3.95. The van der Waals surface area contributed by atoms with Gasteiger partial charge in [-0.2, -0.15) is 18.3 Å². The average Bonchev–Trinajstić information content (AvgIpc) is 3.54. The summed E-state index contributed by atoms with van der Waals surface area (Å²) in [7, 11) is 0. The molecule has 11 heteroatoms. The van der Waals surface area contributed by atoms with E-state index < -0.39 is 41.3 Å². The number of nitrogens with zero attached hydrogens (tertiary/aromatic N) is 3. The summed E-state index contributed by atoms with van der Waals surface area (Å²) in [5.74, 6) is -2.46. The highest BCUT2D eigenvalue weighted by atomic mass is 19.4. The number of rotatable bonds is 5. The van der Waals surface area contributed by atoms with Gasteiger partial charge in [0.15, 0.2) is 0 Å². The lowest BCUT2D eigenvalue weighted by Crippen LogP contribution is -2.47. The van der Waals surface area contributed by atoms with E-state index in [0.29, 0.717) is 27.8 Å². The second kappa shape index (κ2) is 8.89. The van der Waals surface area contributed by atoms with Crippen LogP contribution in [0.25, 0.3) is 16.6 Å². The Morgan fingerprint density at radius 3 is 2.15 bits per heavy atom. The Morgan fingerprint density at radius 1 is 0.923 bits per heavy atom. The monoisotopic (exact) mass is 540 g/mol. The molecule has 1 saturated heterocycles. The van der Waals surface area contributed by atoms with Crippen LogP contribution in [0.4, 0.5) is 27.6 Å². The lowest BCUT2D eigenvalue weighted by atomic mass is 9.97. The van der Waals surface area contributed by atoms with Gasteiger partial charge in [0, 0.05) is 17.5 Å². The third-order valence-corrected chi connectivity index (χ3v) is 7.48. The third-order valence-electron chi connectivity index (χ3n) is 7.48. The Kier molecular flexibility index (Phi) is 5.70. The maximum absolute atomic E-state index is 13.7. The molecule has 6 rings (SSSR count). The normalized spacial score (nSPS) is 20.4. The quantitative estimate of drug-likeness (QED) is 0.335. The number of alkyl halides is 3. The maximum Gasteiger partial charge on any atom is 0.403 e. The summed E-state index contributed by atoms with van der Waals surface area (Å²) in [6, 6.07) is 14.3. The summed E-state index contributed by atoms with van der Waals surface area (Å²) in [5.41, 5.74) is -0.228. The second-order valence-corrected chi connectivity index (χ2v) is 9.90. The molecule has 3 aromatic carbocycles. The fraction of sp³-hybridized carbons (Fsp3) is 0.250. The van der Waals surface area contributed by atoms with E-state index in [0.717, 1.165) is 0 Å². The first-order chi connectivity index (χ1) is 18.6. The topological polar surface area (TPSA) is 67.2 Å². The Labute approximate surface area is 219 Å². The van der Waals surface area contributed by atoms with Crippen LogP contribution in [0.5, 0.6) is 0 Å². The molecule has 2 aliphatic rings. The SMILES string of the molecule is O=C1C[C@H](NC(=O)C2(C(F)(F)F)CC2)[C@@H](c2ccc(F)cc2)N1c1ccc2c(cnn2-c2ccc(F)cc2)c1. The van der Waals surface area contributed by atoms with Crippen molar-refractivity contribution in [2.75, 3.05) is 4.90 Å². The average molecular weight is 540 g/mol. The molecular weight excluding hydrogens is 519 g/mol. The van der Waals surface area contributed by atoms with E-state index in [4.69, 9.17) is 0 Å². The lowest BCUT2D eigenvalue weighted by Gasteiger charge is -2.30. The minimum atomic E-state index is -4.69. The minimum Gasteiger partial charge on any atom is -0.350 e. The summed E-state index contributed by atoms with van der Waals surface area (Å²) < 4.78 is 69.5. The van der Waals surface area contributed by atoms with Gasteiger partial charge in [0.25, 0.3) is 0 Å². The summed E-state index contributed by atoms with van der Waals surface area (Å²) in [4.78, 5) is 27.5. The van der Waals surface area contributed by atoms with E-state index in [9.17, 15) is 31.5 Å². The third kappa shape index (κ3) is 4.21. The summed E-state index contributed by atoms with van der Waals surface area (Å²) >= 11 is 0. The molecule has 2 fully saturated rings. The van der Waals surface area contributed by atoms with E-state index in [2.05, 4.69) is 10.4 Å². The molecule has 1 aliphatic heterocycles. The van der Waals surface area contributed by atoms with Gasteiger partial charge in [-0.25, -0.2) is 13.5 Å². The molecule has 2 amide bonds. The Balaban J connectivity index is 1.37. The van der Waals surface area contributed by atoms with Gasteiger partial charge in [-0.3, -0.25) is 9.59 Å². The number of carbonyl (C=O) groups is 2. The van der Waals surface area contributed by atoms with E-state index in [1.165, 1.54) is 41.3 Å². The molecule has 0 spiro atoms. The molecule has 1 aromatic heterocycles. The molecule has 200 valence electrons. The van der Waals surface area contributed by atoms with Crippen molar-refractivity contribution in [3.05, 3.63) is 90.1 Å². The first kappa shape index (κ1) is 25.0. The van der Waals surface area contributed by atoms with Crippen molar-refractivity contribution < 1.29 is 31.5 Å². The predicted octanol–water partition coefficient (Wildman–Crippen LogP) is 5.61. The Hall–Kier alpha value is -4.28. The highest BCUT2D eigenvalue weighted by molar-refractivity contribution is 6.00. The van der Waals surface area contributed by atoms with Crippen LogP contribution in [-0.4, -0.2) is 33.8 Å². The predicted molar refractivity (Wildman–Crippen MR) is 132 cm³/mol. The maximum atomic E-state index is 13.7. The molecule has 0 bridgehead atoms. The Bertz CT molecular complexity index is 1580. The number of hydrogen-bond acceptors (Lipinski definition) is 3. The number of fused-ring (bicyclic) bond motifs is 1. The first-order valence-electron chi connectivity index (χ1n) is 12.3. The van der Waals surface area contributed by atoms with E-state index in [1.54, 1.807) is 41.2 Å². The minimum absolute atomic E-state index is 0.228. The van der Waals surface area contributed by atoms with Crippen LogP contribution < -0.4 is 10.2 Å². The van der Waals surface area contributed by atoms with Crippen molar-refractivity contribution in [3.63, 3.8) is 0 Å². The zero-order valence-electron chi connectivity index (χ0n) is 20.3. The van der Waals surface area contributed by atoms with Gasteiger partial charge in [0.1, 0.15) is 17.0 Å². The van der Waals surface area contributed by atoms with Crippen molar-refractivity contribution in [2.45, 2.75) is 37.5 Å². The van der Waals surface area contributed by atoms with Gasteiger partial charge in [-0.05, 0) is 73.0 Å². The molecule has 2 atom stereocenters. The molecule has 6 nitrogen and oxygen atoms in total. The van der Waals surface area contributed by atoms with Crippen molar-refractivity contribution >= 4 is 28.4 Å². The molecule has 39 heavy (non-hydrogen) atoms. The molecule has 2 heterocycles. The van der Waals surface area contributed by atoms with Crippen molar-refractivity contribution in [3.8, 4) is 5.69 Å². The van der Waals surface area contributed by atoms with Crippen LogP contribution in [0.15, 0.2) is 72.9 Å². The van der Waals surface area contributed by atoms with Gasteiger partial charge < -0.3 is 10.2 Å². The number of amides is 2. The molecular formula is C28H21F5N4O2. The van der Waals surface area contributed by atoms with Crippen molar-refractivity contribution in [2.24, 2.45) is 5.41 Å². The van der Waals surface area contributed by atoms with Crippen LogP contribution in [0.1, 0.15) is 30.9 Å². The summed E-state index contributed by atoms with van der Waals surface area (Å²) in [5, 5.41) is 7.51. The van der Waals surface area contributed by atoms with Crippen molar-refractivity contribution in [1.29, 1.82) is 0 Å². The van der Waals surface area contributed by atoms with Crippen LogP contribution in [0, 0.1) is 17.0 Å². The number of benzene rings is 3. The van der Waals surface area contributed by atoms with Crippen LogP contribution in [0.2, 0.25) is 0 Å². The molecule has 1 N–H and O–H groups in total. The molecule has 1 aliphatic carbocycles. The zero-order chi connectivity index (χ0) is 27.5. The van der Waals surface area contributed by atoms with Gasteiger partial charge in [-0.15, -0.1) is 0 Å². The first-order valence-corrected chi connectivity index (χ1v) is 12.3. The van der Waals surface area contributed by atoms with E-state index in [-0.39, 0.29) is 25.1 Å². The van der Waals surface area contributed by atoms with Crippen LogP contribution in [0.3, 0.4) is 0 Å². The fourth-order valence-corrected chi connectivity index (χ4v) is 5.24. The Morgan fingerprint density at radius 2 is 1.54 bits per heavy atom. The number of aromatic nitrogens is 2. The lowest BCUT2D eigenvalue weighted by molar-refractivity contribution is -0.192. The number of carbonyl (C=O) groups excluding carboxylic acids is 2.